The molecule has 1 amide bonds. The van der Waals surface area contributed by atoms with Crippen LogP contribution in [0.3, 0.4) is 0 Å². The van der Waals surface area contributed by atoms with Gasteiger partial charge in [0.1, 0.15) is 6.04 Å². The molecule has 0 heterocycles. The number of carbonyl (C=O) groups is 2. The Morgan fingerprint density at radius 1 is 1.43 bits per heavy atom. The molecule has 1 aromatic rings. The molecule has 0 radical (unpaired) electrons. The number of nitrogens with zero attached hydrogens (tertiary/aromatic N) is 1. The first kappa shape index (κ1) is 16.6. The highest BCUT2D eigenvalue weighted by molar-refractivity contribution is 5.97. The molecule has 0 spiro atoms. The summed E-state index contributed by atoms with van der Waals surface area (Å²) in [5.41, 5.74) is 0.471. The largest absolute Gasteiger partial charge is 0.480 e. The molecule has 2 N–H and O–H groups in total. The Balaban J connectivity index is 2.96. The SMILES string of the molecule is CCC(C)[C@H](NC(=O)c1ccc([N+](=O)[O-])c(C)c1)C(=O)O. The van der Waals surface area contributed by atoms with Gasteiger partial charge in [-0.05, 0) is 25.0 Å². The van der Waals surface area contributed by atoms with Crippen molar-refractivity contribution in [1.29, 1.82) is 0 Å². The van der Waals surface area contributed by atoms with E-state index in [9.17, 15) is 19.7 Å². The average molecular weight is 294 g/mol. The molecule has 0 aromatic heterocycles. The van der Waals surface area contributed by atoms with Crippen LogP contribution in [-0.4, -0.2) is 27.9 Å². The smallest absolute Gasteiger partial charge is 0.326 e. The molecule has 0 aliphatic rings. The highest BCUT2D eigenvalue weighted by Gasteiger charge is 2.26. The highest BCUT2D eigenvalue weighted by Crippen LogP contribution is 2.19. The molecule has 1 unspecified atom stereocenters. The summed E-state index contributed by atoms with van der Waals surface area (Å²) in [6.45, 7) is 5.10. The molecule has 7 heteroatoms. The second kappa shape index (κ2) is 6.83. The predicted molar refractivity (Wildman–Crippen MR) is 76.2 cm³/mol. The fourth-order valence-electron chi connectivity index (χ4n) is 1.91. The number of carboxylic acid groups (broad SMARTS) is 1. The Morgan fingerprint density at radius 3 is 2.48 bits per heavy atom. The van der Waals surface area contributed by atoms with Gasteiger partial charge in [0.25, 0.3) is 11.6 Å². The zero-order valence-corrected chi connectivity index (χ0v) is 12.1. The zero-order chi connectivity index (χ0) is 16.2. The Hall–Kier alpha value is -2.44. The van der Waals surface area contributed by atoms with Gasteiger partial charge in [-0.1, -0.05) is 20.3 Å². The number of nitro groups is 1. The highest BCUT2D eigenvalue weighted by atomic mass is 16.6. The van der Waals surface area contributed by atoms with E-state index in [4.69, 9.17) is 5.11 Å². The maximum atomic E-state index is 12.1. The minimum atomic E-state index is -1.10. The third kappa shape index (κ3) is 4.01. The Bertz CT molecular complexity index is 570. The van der Waals surface area contributed by atoms with Gasteiger partial charge in [-0.25, -0.2) is 4.79 Å². The van der Waals surface area contributed by atoms with Crippen molar-refractivity contribution in [1.82, 2.24) is 5.32 Å². The molecule has 7 nitrogen and oxygen atoms in total. The van der Waals surface area contributed by atoms with Gasteiger partial charge in [-0.15, -0.1) is 0 Å². The number of nitrogens with one attached hydrogen (secondary N) is 1. The number of rotatable bonds is 6. The van der Waals surface area contributed by atoms with Crippen molar-refractivity contribution >= 4 is 17.6 Å². The number of aryl methyl sites for hydroxylation is 1. The maximum absolute atomic E-state index is 12.1. The first-order valence-electron chi connectivity index (χ1n) is 6.56. The normalized spacial score (nSPS) is 13.3. The number of hydrogen-bond acceptors (Lipinski definition) is 4. The van der Waals surface area contributed by atoms with Gasteiger partial charge >= 0.3 is 5.97 Å². The van der Waals surface area contributed by atoms with Crippen molar-refractivity contribution < 1.29 is 19.6 Å². The molecule has 2 atom stereocenters. The van der Waals surface area contributed by atoms with Gasteiger partial charge in [0.05, 0.1) is 4.92 Å². The number of amides is 1. The van der Waals surface area contributed by atoms with Crippen LogP contribution in [0.1, 0.15) is 36.2 Å². The van der Waals surface area contributed by atoms with Crippen LogP contribution in [0.4, 0.5) is 5.69 Å². The van der Waals surface area contributed by atoms with Crippen LogP contribution in [0, 0.1) is 23.0 Å². The van der Waals surface area contributed by atoms with Crippen LogP contribution < -0.4 is 5.32 Å². The van der Waals surface area contributed by atoms with Gasteiger partial charge in [-0.3, -0.25) is 14.9 Å². The lowest BCUT2D eigenvalue weighted by Crippen LogP contribution is -2.45. The Kier molecular flexibility index (Phi) is 5.40. The third-order valence-corrected chi connectivity index (χ3v) is 3.42. The van der Waals surface area contributed by atoms with Crippen molar-refractivity contribution in [2.24, 2.45) is 5.92 Å². The standard InChI is InChI=1S/C14H18N2O5/c1-4-8(2)12(14(18)19)15-13(17)10-5-6-11(16(20)21)9(3)7-10/h5-8,12H,4H2,1-3H3,(H,15,17)(H,18,19)/t8?,12-/m0/s1. The Labute approximate surface area is 122 Å². The van der Waals surface area contributed by atoms with E-state index in [-0.39, 0.29) is 17.2 Å². The third-order valence-electron chi connectivity index (χ3n) is 3.42. The van der Waals surface area contributed by atoms with Gasteiger partial charge < -0.3 is 10.4 Å². The lowest BCUT2D eigenvalue weighted by Gasteiger charge is -2.20. The number of benzene rings is 1. The van der Waals surface area contributed by atoms with Crippen molar-refractivity contribution in [2.45, 2.75) is 33.2 Å². The summed E-state index contributed by atoms with van der Waals surface area (Å²) in [5.74, 6) is -1.87. The topological polar surface area (TPSA) is 110 Å². The fourth-order valence-corrected chi connectivity index (χ4v) is 1.91. The lowest BCUT2D eigenvalue weighted by atomic mass is 9.98. The molecule has 0 bridgehead atoms. The van der Waals surface area contributed by atoms with Gasteiger partial charge in [-0.2, -0.15) is 0 Å². The van der Waals surface area contributed by atoms with Crippen LogP contribution in [0.2, 0.25) is 0 Å². The Morgan fingerprint density at radius 2 is 2.05 bits per heavy atom. The quantitative estimate of drug-likeness (QED) is 0.617. The molecule has 1 aromatic carbocycles. The second-order valence-corrected chi connectivity index (χ2v) is 4.93. The molecule has 21 heavy (non-hydrogen) atoms. The molecule has 1 rings (SSSR count). The van der Waals surface area contributed by atoms with Crippen LogP contribution in [0.25, 0.3) is 0 Å². The summed E-state index contributed by atoms with van der Waals surface area (Å²) in [4.78, 5) is 33.4. The van der Waals surface area contributed by atoms with Crippen molar-refractivity contribution in [3.05, 3.63) is 39.4 Å². The predicted octanol–water partition coefficient (Wildman–Crippen LogP) is 2.13. The number of hydrogen-bond donors (Lipinski definition) is 2. The van der Waals surface area contributed by atoms with Crippen LogP contribution in [0.15, 0.2) is 18.2 Å². The number of carboxylic acids is 1. The molecular weight excluding hydrogens is 276 g/mol. The van der Waals surface area contributed by atoms with E-state index < -0.39 is 22.8 Å². The van der Waals surface area contributed by atoms with Crippen LogP contribution >= 0.6 is 0 Å². The van der Waals surface area contributed by atoms with Crippen LogP contribution in [-0.2, 0) is 4.79 Å². The lowest BCUT2D eigenvalue weighted by molar-refractivity contribution is -0.385. The molecular formula is C14H18N2O5. The first-order valence-corrected chi connectivity index (χ1v) is 6.56. The average Bonchev–Trinajstić information content (AvgIpc) is 2.42. The second-order valence-electron chi connectivity index (χ2n) is 4.93. The summed E-state index contributed by atoms with van der Waals surface area (Å²) >= 11 is 0. The molecule has 0 aliphatic carbocycles. The first-order chi connectivity index (χ1) is 9.77. The molecule has 0 saturated carbocycles. The monoisotopic (exact) mass is 294 g/mol. The summed E-state index contributed by atoms with van der Waals surface area (Å²) < 4.78 is 0. The minimum absolute atomic E-state index is 0.0803. The number of aliphatic carboxylic acids is 1. The van der Waals surface area contributed by atoms with E-state index in [1.807, 2.05) is 6.92 Å². The summed E-state index contributed by atoms with van der Waals surface area (Å²) in [6, 6.07) is 2.94. The fraction of sp³-hybridized carbons (Fsp3) is 0.429. The van der Waals surface area contributed by atoms with E-state index in [1.165, 1.54) is 25.1 Å². The van der Waals surface area contributed by atoms with E-state index in [0.29, 0.717) is 12.0 Å². The summed E-state index contributed by atoms with van der Waals surface area (Å²) in [6.07, 6.45) is 0.608. The maximum Gasteiger partial charge on any atom is 0.326 e. The van der Waals surface area contributed by atoms with Crippen molar-refractivity contribution in [3.63, 3.8) is 0 Å². The van der Waals surface area contributed by atoms with Crippen LogP contribution in [0.5, 0.6) is 0 Å². The van der Waals surface area contributed by atoms with Gasteiger partial charge in [0, 0.05) is 17.2 Å². The minimum Gasteiger partial charge on any atom is -0.480 e. The van der Waals surface area contributed by atoms with E-state index in [1.54, 1.807) is 6.92 Å². The van der Waals surface area contributed by atoms with Gasteiger partial charge in [0.2, 0.25) is 0 Å². The van der Waals surface area contributed by atoms with Crippen molar-refractivity contribution in [3.8, 4) is 0 Å². The molecule has 114 valence electrons. The molecule has 0 aliphatic heterocycles. The summed E-state index contributed by atoms with van der Waals surface area (Å²) in [7, 11) is 0. The zero-order valence-electron chi connectivity index (χ0n) is 12.1. The summed E-state index contributed by atoms with van der Waals surface area (Å²) in [5, 5.41) is 22.3. The van der Waals surface area contributed by atoms with E-state index in [2.05, 4.69) is 5.32 Å². The van der Waals surface area contributed by atoms with E-state index in [0.717, 1.165) is 0 Å². The van der Waals surface area contributed by atoms with Crippen molar-refractivity contribution in [2.75, 3.05) is 0 Å². The molecule has 0 saturated heterocycles. The van der Waals surface area contributed by atoms with E-state index >= 15 is 0 Å². The number of nitro benzene ring substituents is 1. The van der Waals surface area contributed by atoms with Gasteiger partial charge in [0.15, 0.2) is 0 Å². The molecule has 0 fully saturated rings. The number of carbonyl (C=O) groups excluding carboxylic acids is 1.